The van der Waals surface area contributed by atoms with Gasteiger partial charge in [-0.1, -0.05) is 58.4 Å². The number of aryl methyl sites for hydroxylation is 1. The average molecular weight is 784 g/mol. The number of aromatic nitrogens is 5. The van der Waals surface area contributed by atoms with E-state index in [0.717, 1.165) is 82.2 Å². The average Bonchev–Trinajstić information content (AvgIpc) is 3.99. The number of nitrogens with one attached hydrogen (secondary N) is 5. The van der Waals surface area contributed by atoms with Crippen LogP contribution in [0.3, 0.4) is 0 Å². The summed E-state index contributed by atoms with van der Waals surface area (Å²) in [5.74, 6) is 1.41. The molecule has 2 aromatic carbocycles. The van der Waals surface area contributed by atoms with Crippen LogP contribution in [0.25, 0.3) is 44.3 Å². The second kappa shape index (κ2) is 22.0. The number of likely N-dealkylation sites (tertiary alicyclic amines) is 1. The second-order valence-electron chi connectivity index (χ2n) is 14.2. The molecule has 2 unspecified atom stereocenters. The fourth-order valence-electron chi connectivity index (χ4n) is 6.51. The van der Waals surface area contributed by atoms with Gasteiger partial charge in [0, 0.05) is 30.6 Å². The van der Waals surface area contributed by atoms with Crippen molar-refractivity contribution in [3.05, 3.63) is 66.5 Å². The zero-order chi connectivity index (χ0) is 41.3. The number of hydrogen-bond acceptors (Lipinski definition) is 10. The van der Waals surface area contributed by atoms with Crippen molar-refractivity contribution in [1.29, 1.82) is 0 Å². The third kappa shape index (κ3) is 12.1. The number of hydrogen-bond donors (Lipinski definition) is 5. The number of benzene rings is 2. The van der Waals surface area contributed by atoms with Gasteiger partial charge in [0.25, 0.3) is 6.47 Å². The zero-order valence-corrected chi connectivity index (χ0v) is 34.1. The van der Waals surface area contributed by atoms with Gasteiger partial charge in [-0.2, -0.15) is 0 Å². The quantitative estimate of drug-likeness (QED) is 0.0651. The SMILES string of the molecule is CCC.CNCC(=O)NCCCCc1ncc(-c2ccc3cc(-c4cc5nc(C6CCCN6C(=O)C(NC(=O)OC)C(C)C)[nH]c5cn4)ccc3c2)[nH]1.COC=O. The van der Waals surface area contributed by atoms with Crippen molar-refractivity contribution in [3.8, 4) is 22.5 Å². The zero-order valence-electron chi connectivity index (χ0n) is 34.1. The normalized spacial score (nSPS) is 14.0. The predicted molar refractivity (Wildman–Crippen MR) is 221 cm³/mol. The molecular formula is C42H57N9O6. The molecule has 5 N–H and O–H groups in total. The van der Waals surface area contributed by atoms with E-state index >= 15 is 0 Å². The Bertz CT molecular complexity index is 2080. The van der Waals surface area contributed by atoms with Crippen molar-refractivity contribution in [2.24, 2.45) is 5.92 Å². The summed E-state index contributed by atoms with van der Waals surface area (Å²) in [7, 11) is 4.36. The van der Waals surface area contributed by atoms with Gasteiger partial charge in [0.1, 0.15) is 17.7 Å². The number of carbonyl (C=O) groups excluding carboxylic acids is 4. The number of nitrogens with zero attached hydrogens (tertiary/aromatic N) is 4. The van der Waals surface area contributed by atoms with Crippen molar-refractivity contribution in [1.82, 2.24) is 45.8 Å². The molecule has 306 valence electrons. The van der Waals surface area contributed by atoms with Gasteiger partial charge in [0.15, 0.2) is 0 Å². The minimum atomic E-state index is -0.687. The smallest absolute Gasteiger partial charge is 0.407 e. The first-order chi connectivity index (χ1) is 27.6. The van der Waals surface area contributed by atoms with E-state index in [0.29, 0.717) is 31.9 Å². The van der Waals surface area contributed by atoms with Crippen molar-refractivity contribution < 1.29 is 28.7 Å². The number of pyridine rings is 1. The number of rotatable bonds is 14. The van der Waals surface area contributed by atoms with E-state index in [-0.39, 0.29) is 23.8 Å². The van der Waals surface area contributed by atoms with E-state index < -0.39 is 12.1 Å². The van der Waals surface area contributed by atoms with Crippen LogP contribution in [0.2, 0.25) is 0 Å². The molecule has 0 aliphatic carbocycles. The molecule has 15 heteroatoms. The van der Waals surface area contributed by atoms with Crippen molar-refractivity contribution >= 4 is 46.2 Å². The van der Waals surface area contributed by atoms with Crippen molar-refractivity contribution in [2.75, 3.05) is 40.9 Å². The molecule has 57 heavy (non-hydrogen) atoms. The van der Waals surface area contributed by atoms with E-state index in [4.69, 9.17) is 19.5 Å². The van der Waals surface area contributed by atoms with E-state index in [1.165, 1.54) is 20.6 Å². The number of methoxy groups -OCH3 is 2. The minimum absolute atomic E-state index is 0.0101. The lowest BCUT2D eigenvalue weighted by atomic mass is 10.0. The number of carbonyl (C=O) groups is 4. The summed E-state index contributed by atoms with van der Waals surface area (Å²) in [6, 6.07) is 13.7. The molecule has 0 saturated carbocycles. The van der Waals surface area contributed by atoms with Crippen LogP contribution in [0.1, 0.15) is 77.5 Å². The highest BCUT2D eigenvalue weighted by Crippen LogP contribution is 2.34. The van der Waals surface area contributed by atoms with Crippen LogP contribution in [0.5, 0.6) is 0 Å². The summed E-state index contributed by atoms with van der Waals surface area (Å²) in [4.78, 5) is 68.9. The van der Waals surface area contributed by atoms with Gasteiger partial charge in [0.05, 0.1) is 61.6 Å². The molecule has 5 aromatic rings. The third-order valence-electron chi connectivity index (χ3n) is 9.30. The number of aromatic amines is 2. The van der Waals surface area contributed by atoms with Crippen molar-refractivity contribution in [3.63, 3.8) is 0 Å². The van der Waals surface area contributed by atoms with Crippen LogP contribution in [0, 0.1) is 5.92 Å². The molecule has 0 spiro atoms. The molecule has 0 radical (unpaired) electrons. The molecule has 1 fully saturated rings. The Hall–Kier alpha value is -5.83. The Kier molecular flexibility index (Phi) is 17.0. The molecule has 3 aromatic heterocycles. The molecule has 0 bridgehead atoms. The molecule has 3 amide bonds. The summed E-state index contributed by atoms with van der Waals surface area (Å²) < 4.78 is 8.62. The van der Waals surface area contributed by atoms with Crippen LogP contribution >= 0.6 is 0 Å². The van der Waals surface area contributed by atoms with Gasteiger partial charge in [0.2, 0.25) is 11.8 Å². The fourth-order valence-corrected chi connectivity index (χ4v) is 6.51. The molecule has 1 aliphatic rings. The highest BCUT2D eigenvalue weighted by molar-refractivity contribution is 5.91. The van der Waals surface area contributed by atoms with Crippen LogP contribution in [-0.4, -0.2) is 101 Å². The summed E-state index contributed by atoms with van der Waals surface area (Å²) in [6.07, 6.45) is 8.56. The highest BCUT2D eigenvalue weighted by Gasteiger charge is 2.37. The van der Waals surface area contributed by atoms with E-state index in [2.05, 4.69) is 85.9 Å². The van der Waals surface area contributed by atoms with Gasteiger partial charge in [-0.05, 0) is 67.6 Å². The Morgan fingerprint density at radius 2 is 1.68 bits per heavy atom. The Balaban J connectivity index is 0.000000954. The summed E-state index contributed by atoms with van der Waals surface area (Å²) in [5, 5.41) is 10.7. The fraction of sp³-hybridized carbons (Fsp3) is 0.452. The van der Waals surface area contributed by atoms with Gasteiger partial charge >= 0.3 is 6.09 Å². The largest absolute Gasteiger partial charge is 0.471 e. The molecule has 4 heterocycles. The lowest BCUT2D eigenvalue weighted by Crippen LogP contribution is -2.51. The lowest BCUT2D eigenvalue weighted by Gasteiger charge is -2.29. The van der Waals surface area contributed by atoms with Gasteiger partial charge < -0.3 is 40.3 Å². The monoisotopic (exact) mass is 783 g/mol. The maximum atomic E-state index is 13.6. The topological polar surface area (TPSA) is 196 Å². The number of alkyl carbamates (subject to hydrolysis) is 1. The van der Waals surface area contributed by atoms with Gasteiger partial charge in [-0.15, -0.1) is 0 Å². The first-order valence-corrected chi connectivity index (χ1v) is 19.5. The maximum Gasteiger partial charge on any atom is 0.407 e. The summed E-state index contributed by atoms with van der Waals surface area (Å²) in [6.45, 7) is 10.0. The number of likely N-dealkylation sites (N-methyl/N-ethyl adjacent to an activating group) is 1. The predicted octanol–water partition coefficient (Wildman–Crippen LogP) is 6.08. The first kappa shape index (κ1) is 43.9. The lowest BCUT2D eigenvalue weighted by molar-refractivity contribution is -0.135. The van der Waals surface area contributed by atoms with Crippen LogP contribution < -0.4 is 16.0 Å². The number of unbranched alkanes of at least 4 members (excludes halogenated alkanes) is 1. The number of imidazole rings is 2. The van der Waals surface area contributed by atoms with Crippen molar-refractivity contribution in [2.45, 2.75) is 78.3 Å². The van der Waals surface area contributed by atoms with Crippen LogP contribution in [0.4, 0.5) is 4.79 Å². The van der Waals surface area contributed by atoms with E-state index in [1.54, 1.807) is 13.2 Å². The first-order valence-electron chi connectivity index (χ1n) is 19.5. The standard InChI is InChI=1S/C37H45N9O4.C3H8.C2H4O2/c1-22(2)34(45-37(49)50-4)36(48)46-15-7-8-31(46)35-43-28-18-27(40-20-30(28)44-35)25-12-10-24-17-26(13-11-23(24)16-25)29-19-41-32(42-29)9-5-6-14-39-33(47)21-38-3;1-3-2;1-4-2-3/h10-13,16-20,22,31,34,38H,5-9,14-15,21H2,1-4H3,(H,39,47)(H,41,42)(H,43,44)(H,45,49);3H2,1-2H3;2H,1H3. The number of fused-ring (bicyclic) bond motifs is 2. The number of amides is 3. The molecule has 6 rings (SSSR count). The minimum Gasteiger partial charge on any atom is -0.471 e. The maximum absolute atomic E-state index is 13.6. The Morgan fingerprint density at radius 1 is 0.982 bits per heavy atom. The highest BCUT2D eigenvalue weighted by atomic mass is 16.5. The number of H-pyrrole nitrogens is 2. The number of ether oxygens (including phenoxy) is 2. The third-order valence-corrected chi connectivity index (χ3v) is 9.30. The van der Waals surface area contributed by atoms with E-state index in [1.807, 2.05) is 31.0 Å². The molecule has 1 aliphatic heterocycles. The van der Waals surface area contributed by atoms with Crippen LogP contribution in [0.15, 0.2) is 54.9 Å². The summed E-state index contributed by atoms with van der Waals surface area (Å²) >= 11 is 0. The Labute approximate surface area is 334 Å². The second-order valence-corrected chi connectivity index (χ2v) is 14.2. The summed E-state index contributed by atoms with van der Waals surface area (Å²) in [5.41, 5.74) is 5.40. The molecule has 15 nitrogen and oxygen atoms in total. The van der Waals surface area contributed by atoms with E-state index in [9.17, 15) is 14.4 Å². The molecule has 2 atom stereocenters. The van der Waals surface area contributed by atoms with Gasteiger partial charge in [-0.3, -0.25) is 19.4 Å². The Morgan fingerprint density at radius 3 is 2.35 bits per heavy atom. The molecular weight excluding hydrogens is 727 g/mol. The molecule has 1 saturated heterocycles. The van der Waals surface area contributed by atoms with Gasteiger partial charge in [-0.25, -0.2) is 14.8 Å². The van der Waals surface area contributed by atoms with Crippen LogP contribution in [-0.2, 0) is 30.3 Å².